The van der Waals surface area contributed by atoms with Gasteiger partial charge in [0.05, 0.1) is 12.6 Å². The maximum Gasteiger partial charge on any atom is 0.418 e. The lowest BCUT2D eigenvalue weighted by atomic mass is 10.1. The Balaban J connectivity index is 2.51. The quantitative estimate of drug-likeness (QED) is 0.828. The summed E-state index contributed by atoms with van der Waals surface area (Å²) in [4.78, 5) is 12.2. The van der Waals surface area contributed by atoms with E-state index in [-0.39, 0.29) is 0 Å². The van der Waals surface area contributed by atoms with Crippen molar-refractivity contribution < 1.29 is 14.3 Å². The smallest absolute Gasteiger partial charge is 0.418 e. The molecule has 106 valence electrons. The second-order valence-corrected chi connectivity index (χ2v) is 5.52. The van der Waals surface area contributed by atoms with Crippen LogP contribution < -0.4 is 4.74 Å². The van der Waals surface area contributed by atoms with E-state index in [9.17, 15) is 4.79 Å². The minimum Gasteiger partial charge on any atom is -0.496 e. The summed E-state index contributed by atoms with van der Waals surface area (Å²) in [6.45, 7) is 9.29. The first-order valence-corrected chi connectivity index (χ1v) is 6.40. The molecule has 0 saturated heterocycles. The standard InChI is InChI=1S/C16H19NO3/c1-6-11-9-13-12(10-14(11)19-5)7-8-17(13)15(18)20-16(2,3)4/h6-10H,1H2,2-5H3. The highest BCUT2D eigenvalue weighted by Crippen LogP contribution is 2.28. The van der Waals surface area contributed by atoms with Gasteiger partial charge in [0.15, 0.2) is 0 Å². The van der Waals surface area contributed by atoms with Crippen LogP contribution in [-0.2, 0) is 4.74 Å². The molecule has 0 N–H and O–H groups in total. The van der Waals surface area contributed by atoms with Crippen molar-refractivity contribution in [3.8, 4) is 5.75 Å². The molecule has 4 nitrogen and oxygen atoms in total. The molecule has 4 heteroatoms. The SMILES string of the molecule is C=Cc1cc2c(ccn2C(=O)OC(C)(C)C)cc1OC. The van der Waals surface area contributed by atoms with Crippen molar-refractivity contribution in [2.24, 2.45) is 0 Å². The molecule has 1 aromatic heterocycles. The van der Waals surface area contributed by atoms with E-state index in [1.807, 2.05) is 39.0 Å². The van der Waals surface area contributed by atoms with Crippen molar-refractivity contribution in [1.29, 1.82) is 0 Å². The van der Waals surface area contributed by atoms with Crippen molar-refractivity contribution in [1.82, 2.24) is 4.57 Å². The Hall–Kier alpha value is -2.23. The summed E-state index contributed by atoms with van der Waals surface area (Å²) in [7, 11) is 1.61. The number of aromatic nitrogens is 1. The molecule has 2 rings (SSSR count). The molecular weight excluding hydrogens is 254 g/mol. The molecular formula is C16H19NO3. The van der Waals surface area contributed by atoms with Crippen LogP contribution in [0.1, 0.15) is 26.3 Å². The Kier molecular flexibility index (Phi) is 3.57. The van der Waals surface area contributed by atoms with Gasteiger partial charge < -0.3 is 9.47 Å². The van der Waals surface area contributed by atoms with Crippen molar-refractivity contribution in [2.75, 3.05) is 7.11 Å². The minimum atomic E-state index is -0.526. The van der Waals surface area contributed by atoms with E-state index >= 15 is 0 Å². The largest absolute Gasteiger partial charge is 0.496 e. The third-order valence-electron chi connectivity index (χ3n) is 2.85. The monoisotopic (exact) mass is 273 g/mol. The topological polar surface area (TPSA) is 40.5 Å². The predicted octanol–water partition coefficient (Wildman–Crippen LogP) is 4.08. The molecule has 0 spiro atoms. The van der Waals surface area contributed by atoms with Crippen molar-refractivity contribution in [3.05, 3.63) is 36.5 Å². The number of benzene rings is 1. The lowest BCUT2D eigenvalue weighted by Crippen LogP contribution is -2.26. The van der Waals surface area contributed by atoms with Gasteiger partial charge >= 0.3 is 6.09 Å². The molecule has 0 unspecified atom stereocenters. The number of carbonyl (C=O) groups excluding carboxylic acids is 1. The van der Waals surface area contributed by atoms with Crippen LogP contribution in [-0.4, -0.2) is 23.4 Å². The number of nitrogens with zero attached hydrogens (tertiary/aromatic N) is 1. The predicted molar refractivity (Wildman–Crippen MR) is 80.2 cm³/mol. The van der Waals surface area contributed by atoms with Crippen LogP contribution >= 0.6 is 0 Å². The third kappa shape index (κ3) is 2.69. The summed E-state index contributed by atoms with van der Waals surface area (Å²) in [6.07, 6.45) is 3.00. The lowest BCUT2D eigenvalue weighted by molar-refractivity contribution is 0.0544. The van der Waals surface area contributed by atoms with Crippen molar-refractivity contribution in [3.63, 3.8) is 0 Å². The molecule has 20 heavy (non-hydrogen) atoms. The van der Waals surface area contributed by atoms with Crippen LogP contribution in [0.4, 0.5) is 4.79 Å². The number of methoxy groups -OCH3 is 1. The van der Waals surface area contributed by atoms with E-state index in [4.69, 9.17) is 9.47 Å². The Morgan fingerprint density at radius 2 is 2.05 bits per heavy atom. The minimum absolute atomic E-state index is 0.396. The van der Waals surface area contributed by atoms with Crippen LogP contribution in [0, 0.1) is 0 Å². The number of hydrogen-bond acceptors (Lipinski definition) is 3. The van der Waals surface area contributed by atoms with Crippen LogP contribution in [0.3, 0.4) is 0 Å². The molecule has 0 atom stereocenters. The first kappa shape index (κ1) is 14.2. The molecule has 1 heterocycles. The van der Waals surface area contributed by atoms with Gasteiger partial charge in [-0.15, -0.1) is 0 Å². The fourth-order valence-electron chi connectivity index (χ4n) is 1.98. The van der Waals surface area contributed by atoms with Gasteiger partial charge in [0.25, 0.3) is 0 Å². The van der Waals surface area contributed by atoms with Crippen LogP contribution in [0.5, 0.6) is 5.75 Å². The van der Waals surface area contributed by atoms with Gasteiger partial charge in [0.1, 0.15) is 11.4 Å². The Morgan fingerprint density at radius 3 is 2.60 bits per heavy atom. The molecule has 0 saturated carbocycles. The van der Waals surface area contributed by atoms with Crippen LogP contribution in [0.2, 0.25) is 0 Å². The summed E-state index contributed by atoms with van der Waals surface area (Å²) in [5.41, 5.74) is 1.08. The summed E-state index contributed by atoms with van der Waals surface area (Å²) in [5.74, 6) is 0.731. The van der Waals surface area contributed by atoms with E-state index in [0.717, 1.165) is 22.2 Å². The van der Waals surface area contributed by atoms with Crippen LogP contribution in [0.15, 0.2) is 31.0 Å². The van der Waals surface area contributed by atoms with E-state index in [1.54, 1.807) is 19.4 Å². The Bertz CT molecular complexity index is 662. The first-order valence-electron chi connectivity index (χ1n) is 6.40. The third-order valence-corrected chi connectivity index (χ3v) is 2.85. The van der Waals surface area contributed by atoms with Gasteiger partial charge in [-0.05, 0) is 39.0 Å². The van der Waals surface area contributed by atoms with E-state index in [1.165, 1.54) is 4.57 Å². The summed E-state index contributed by atoms with van der Waals surface area (Å²) >= 11 is 0. The molecule has 0 fully saturated rings. The molecule has 0 bridgehead atoms. The number of carbonyl (C=O) groups is 1. The lowest BCUT2D eigenvalue weighted by Gasteiger charge is -2.19. The first-order chi connectivity index (χ1) is 9.35. The van der Waals surface area contributed by atoms with Gasteiger partial charge in [0.2, 0.25) is 0 Å². The van der Waals surface area contributed by atoms with Crippen LogP contribution in [0.25, 0.3) is 17.0 Å². The van der Waals surface area contributed by atoms with Gasteiger partial charge in [-0.2, -0.15) is 0 Å². The zero-order valence-electron chi connectivity index (χ0n) is 12.3. The van der Waals surface area contributed by atoms with Crippen molar-refractivity contribution in [2.45, 2.75) is 26.4 Å². The molecule has 0 amide bonds. The molecule has 0 aliphatic heterocycles. The van der Waals surface area contributed by atoms with Crippen molar-refractivity contribution >= 4 is 23.1 Å². The zero-order chi connectivity index (χ0) is 14.9. The van der Waals surface area contributed by atoms with E-state index in [0.29, 0.717) is 0 Å². The Morgan fingerprint density at radius 1 is 1.35 bits per heavy atom. The van der Waals surface area contributed by atoms with E-state index < -0.39 is 11.7 Å². The molecule has 0 radical (unpaired) electrons. The summed E-state index contributed by atoms with van der Waals surface area (Å²) in [6, 6.07) is 5.60. The highest BCUT2D eigenvalue weighted by Gasteiger charge is 2.19. The highest BCUT2D eigenvalue weighted by molar-refractivity contribution is 5.92. The Labute approximate surface area is 118 Å². The number of rotatable bonds is 2. The van der Waals surface area contributed by atoms with Gasteiger partial charge in [0, 0.05) is 17.1 Å². The van der Waals surface area contributed by atoms with E-state index in [2.05, 4.69) is 6.58 Å². The average Bonchev–Trinajstić information content (AvgIpc) is 2.77. The number of ether oxygens (including phenoxy) is 2. The number of fused-ring (bicyclic) bond motifs is 1. The number of hydrogen-bond donors (Lipinski definition) is 0. The maximum absolute atomic E-state index is 12.2. The fourth-order valence-corrected chi connectivity index (χ4v) is 1.98. The normalized spacial score (nSPS) is 11.4. The molecule has 0 aliphatic rings. The van der Waals surface area contributed by atoms with Gasteiger partial charge in [-0.1, -0.05) is 12.7 Å². The second kappa shape index (κ2) is 5.04. The van der Waals surface area contributed by atoms with Gasteiger partial charge in [-0.3, -0.25) is 4.57 Å². The summed E-state index contributed by atoms with van der Waals surface area (Å²) in [5, 5.41) is 0.915. The molecule has 2 aromatic rings. The maximum atomic E-state index is 12.2. The van der Waals surface area contributed by atoms with Gasteiger partial charge in [-0.25, -0.2) is 4.79 Å². The molecule has 1 aromatic carbocycles. The zero-order valence-corrected chi connectivity index (χ0v) is 12.3. The average molecular weight is 273 g/mol. The fraction of sp³-hybridized carbons (Fsp3) is 0.312. The molecule has 0 aliphatic carbocycles. The highest BCUT2D eigenvalue weighted by atomic mass is 16.6. The second-order valence-electron chi connectivity index (χ2n) is 5.52. The summed E-state index contributed by atoms with van der Waals surface area (Å²) < 4.78 is 12.2.